The smallest absolute Gasteiger partial charge is 0.260 e. The third-order valence-corrected chi connectivity index (χ3v) is 4.42. The molecule has 0 radical (unpaired) electrons. The van der Waals surface area contributed by atoms with Crippen LogP contribution in [-0.2, 0) is 4.79 Å². The van der Waals surface area contributed by atoms with Gasteiger partial charge < -0.3 is 9.88 Å². The van der Waals surface area contributed by atoms with Crippen molar-refractivity contribution in [2.45, 2.75) is 51.1 Å². The first-order chi connectivity index (χ1) is 10.7. The number of nitrogens with zero attached hydrogens (tertiary/aromatic N) is 2. The summed E-state index contributed by atoms with van der Waals surface area (Å²) in [6.07, 6.45) is 8.35. The van der Waals surface area contributed by atoms with Gasteiger partial charge in [0.05, 0.1) is 10.9 Å². The first-order valence-corrected chi connectivity index (χ1v) is 7.97. The van der Waals surface area contributed by atoms with Crippen LogP contribution in [-0.4, -0.2) is 21.5 Å². The molecular formula is C17H21N3O2. The van der Waals surface area contributed by atoms with E-state index in [1.54, 1.807) is 30.6 Å². The quantitative estimate of drug-likeness (QED) is 0.943. The maximum absolute atomic E-state index is 12.6. The number of hydrogen-bond acceptors (Lipinski definition) is 3. The summed E-state index contributed by atoms with van der Waals surface area (Å²) in [5, 5.41) is 3.64. The van der Waals surface area contributed by atoms with Crippen LogP contribution in [0, 0.1) is 0 Å². The molecule has 0 aliphatic heterocycles. The highest BCUT2D eigenvalue weighted by molar-refractivity contribution is 5.82. The predicted octanol–water partition coefficient (Wildman–Crippen LogP) is 2.41. The Morgan fingerprint density at radius 2 is 2.18 bits per heavy atom. The van der Waals surface area contributed by atoms with E-state index in [4.69, 9.17) is 0 Å². The van der Waals surface area contributed by atoms with Crippen molar-refractivity contribution in [2.75, 3.05) is 0 Å². The third-order valence-electron chi connectivity index (χ3n) is 4.42. The van der Waals surface area contributed by atoms with E-state index in [9.17, 15) is 9.59 Å². The Bertz CT molecular complexity index is 732. The van der Waals surface area contributed by atoms with Gasteiger partial charge in [-0.1, -0.05) is 19.8 Å². The van der Waals surface area contributed by atoms with Crippen molar-refractivity contribution in [3.63, 3.8) is 0 Å². The van der Waals surface area contributed by atoms with Crippen LogP contribution in [0.2, 0.25) is 0 Å². The van der Waals surface area contributed by atoms with E-state index in [1.807, 2.05) is 6.92 Å². The van der Waals surface area contributed by atoms with E-state index in [0.29, 0.717) is 17.3 Å². The van der Waals surface area contributed by atoms with E-state index in [-0.39, 0.29) is 17.5 Å². The van der Waals surface area contributed by atoms with Gasteiger partial charge in [0.15, 0.2) is 0 Å². The van der Waals surface area contributed by atoms with Gasteiger partial charge in [0.2, 0.25) is 5.91 Å². The molecule has 1 atom stereocenters. The Kier molecular flexibility index (Phi) is 4.22. The Morgan fingerprint density at radius 1 is 1.41 bits per heavy atom. The second-order valence-corrected chi connectivity index (χ2v) is 5.88. The van der Waals surface area contributed by atoms with E-state index in [2.05, 4.69) is 10.3 Å². The molecule has 0 aromatic carbocycles. The summed E-state index contributed by atoms with van der Waals surface area (Å²) < 4.78 is 1.54. The molecule has 2 heterocycles. The fourth-order valence-corrected chi connectivity index (χ4v) is 3.21. The molecular weight excluding hydrogens is 278 g/mol. The molecule has 2 aromatic rings. The molecule has 2 aromatic heterocycles. The third kappa shape index (κ3) is 2.75. The van der Waals surface area contributed by atoms with E-state index in [0.717, 1.165) is 12.8 Å². The molecule has 0 unspecified atom stereocenters. The van der Waals surface area contributed by atoms with Crippen molar-refractivity contribution >= 4 is 16.8 Å². The molecule has 1 amide bonds. The van der Waals surface area contributed by atoms with Crippen LogP contribution in [0.1, 0.15) is 45.1 Å². The highest BCUT2D eigenvalue weighted by Crippen LogP contribution is 2.19. The van der Waals surface area contributed by atoms with E-state index < -0.39 is 6.04 Å². The molecule has 22 heavy (non-hydrogen) atoms. The van der Waals surface area contributed by atoms with E-state index >= 15 is 0 Å². The fraction of sp³-hybridized carbons (Fsp3) is 0.471. The van der Waals surface area contributed by atoms with Gasteiger partial charge >= 0.3 is 0 Å². The summed E-state index contributed by atoms with van der Waals surface area (Å²) in [5.41, 5.74) is 0.508. The lowest BCUT2D eigenvalue weighted by Crippen LogP contribution is -2.41. The number of rotatable bonds is 4. The summed E-state index contributed by atoms with van der Waals surface area (Å²) in [6, 6.07) is 5.09. The Hall–Kier alpha value is -2.17. The van der Waals surface area contributed by atoms with Gasteiger partial charge in [-0.25, -0.2) is 0 Å². The molecule has 1 aliphatic rings. The van der Waals surface area contributed by atoms with Crippen LogP contribution in [0.5, 0.6) is 0 Å². The summed E-state index contributed by atoms with van der Waals surface area (Å²) >= 11 is 0. The topological polar surface area (TPSA) is 64.0 Å². The molecule has 0 bridgehead atoms. The highest BCUT2D eigenvalue weighted by Gasteiger charge is 2.24. The van der Waals surface area contributed by atoms with Gasteiger partial charge in [-0.15, -0.1) is 0 Å². The van der Waals surface area contributed by atoms with Crippen molar-refractivity contribution in [2.24, 2.45) is 0 Å². The van der Waals surface area contributed by atoms with Crippen LogP contribution >= 0.6 is 0 Å². The molecule has 0 spiro atoms. The van der Waals surface area contributed by atoms with Crippen LogP contribution in [0.4, 0.5) is 0 Å². The number of pyridine rings is 2. The highest BCUT2D eigenvalue weighted by atomic mass is 16.2. The number of amides is 1. The normalized spacial score (nSPS) is 16.8. The molecule has 5 nitrogen and oxygen atoms in total. The standard InChI is InChI=1S/C17H21N3O2/c1-2-15(16(21)19-12-6-3-4-7-12)20-11-9-14-13(17(20)22)8-5-10-18-14/h5,8-12,15H,2-4,6-7H2,1H3,(H,19,21)/t15-/m1/s1. The number of carbonyl (C=O) groups is 1. The minimum Gasteiger partial charge on any atom is -0.352 e. The van der Waals surface area contributed by atoms with Gasteiger partial charge in [-0.3, -0.25) is 14.6 Å². The summed E-state index contributed by atoms with van der Waals surface area (Å²) in [5.74, 6) is -0.0558. The molecule has 0 saturated heterocycles. The maximum Gasteiger partial charge on any atom is 0.260 e. The van der Waals surface area contributed by atoms with Gasteiger partial charge in [-0.2, -0.15) is 0 Å². The molecule has 116 valence electrons. The monoisotopic (exact) mass is 299 g/mol. The van der Waals surface area contributed by atoms with Gasteiger partial charge in [-0.05, 0) is 37.5 Å². The lowest BCUT2D eigenvalue weighted by atomic mass is 10.1. The zero-order chi connectivity index (χ0) is 15.5. The Morgan fingerprint density at radius 3 is 2.91 bits per heavy atom. The SMILES string of the molecule is CC[C@H](C(=O)NC1CCCC1)n1ccc2ncccc2c1=O. The number of nitrogens with one attached hydrogen (secondary N) is 1. The average Bonchev–Trinajstić information content (AvgIpc) is 3.03. The fourth-order valence-electron chi connectivity index (χ4n) is 3.21. The van der Waals surface area contributed by atoms with Crippen molar-refractivity contribution in [3.8, 4) is 0 Å². The average molecular weight is 299 g/mol. The van der Waals surface area contributed by atoms with Crippen molar-refractivity contribution in [3.05, 3.63) is 40.9 Å². The minimum atomic E-state index is -0.460. The van der Waals surface area contributed by atoms with E-state index in [1.165, 1.54) is 17.4 Å². The second kappa shape index (κ2) is 6.30. The molecule has 1 N–H and O–H groups in total. The summed E-state index contributed by atoms with van der Waals surface area (Å²) in [7, 11) is 0. The molecule has 3 rings (SSSR count). The number of hydrogen-bond donors (Lipinski definition) is 1. The second-order valence-electron chi connectivity index (χ2n) is 5.88. The molecule has 1 fully saturated rings. The molecule has 1 saturated carbocycles. The van der Waals surface area contributed by atoms with Crippen LogP contribution < -0.4 is 10.9 Å². The zero-order valence-electron chi connectivity index (χ0n) is 12.8. The van der Waals surface area contributed by atoms with Crippen molar-refractivity contribution < 1.29 is 4.79 Å². The number of carbonyl (C=O) groups excluding carboxylic acids is 1. The first kappa shape index (κ1) is 14.8. The minimum absolute atomic E-state index is 0.0558. The lowest BCUT2D eigenvalue weighted by molar-refractivity contribution is -0.125. The maximum atomic E-state index is 12.6. The van der Waals surface area contributed by atoms with Crippen molar-refractivity contribution in [1.29, 1.82) is 0 Å². The van der Waals surface area contributed by atoms with Crippen LogP contribution in [0.15, 0.2) is 35.4 Å². The van der Waals surface area contributed by atoms with Crippen LogP contribution in [0.25, 0.3) is 10.9 Å². The predicted molar refractivity (Wildman–Crippen MR) is 85.7 cm³/mol. The van der Waals surface area contributed by atoms with Gasteiger partial charge in [0.25, 0.3) is 5.56 Å². The Balaban J connectivity index is 1.91. The first-order valence-electron chi connectivity index (χ1n) is 7.97. The van der Waals surface area contributed by atoms with Gasteiger partial charge in [0, 0.05) is 18.4 Å². The van der Waals surface area contributed by atoms with Crippen LogP contribution in [0.3, 0.4) is 0 Å². The molecule has 5 heteroatoms. The largest absolute Gasteiger partial charge is 0.352 e. The number of fused-ring (bicyclic) bond motifs is 1. The molecule has 1 aliphatic carbocycles. The van der Waals surface area contributed by atoms with Gasteiger partial charge in [0.1, 0.15) is 6.04 Å². The summed E-state index contributed by atoms with van der Waals surface area (Å²) in [6.45, 7) is 1.93. The lowest BCUT2D eigenvalue weighted by Gasteiger charge is -2.21. The van der Waals surface area contributed by atoms with Crippen molar-refractivity contribution in [1.82, 2.24) is 14.9 Å². The number of aromatic nitrogens is 2. The zero-order valence-corrected chi connectivity index (χ0v) is 12.8. The summed E-state index contributed by atoms with van der Waals surface area (Å²) in [4.78, 5) is 29.3. The Labute approximate surface area is 129 Å².